The van der Waals surface area contributed by atoms with Gasteiger partial charge in [0.15, 0.2) is 0 Å². The number of aliphatic hydroxyl groups is 2. The van der Waals surface area contributed by atoms with Crippen LogP contribution in [0.3, 0.4) is 0 Å². The van der Waals surface area contributed by atoms with E-state index in [2.05, 4.69) is 74.7 Å². The van der Waals surface area contributed by atoms with Gasteiger partial charge < -0.3 is 40.3 Å². The average molecular weight is 851 g/mol. The first-order valence-corrected chi connectivity index (χ1v) is 21.2. The molecule has 0 saturated heterocycles. The highest BCUT2D eigenvalue weighted by molar-refractivity contribution is 5.75. The molecule has 1 atom stereocenters. The molecule has 0 fully saturated rings. The number of aryl methyl sites for hydroxylation is 3. The Morgan fingerprint density at radius 2 is 1.62 bits per heavy atom. The monoisotopic (exact) mass is 851 g/mol. The molecule has 2 aromatic carbocycles. The molecule has 0 aliphatic rings. The third kappa shape index (κ3) is 31.3. The number of ketones is 1. The predicted molar refractivity (Wildman–Crippen MR) is 247 cm³/mol. The van der Waals surface area contributed by atoms with Gasteiger partial charge in [-0.1, -0.05) is 108 Å². The SMILES string of the molecule is C=C(/C=C(\C=C/[C@H](C)CC)Oc1ccc(CCC)c(F)c1)/C(C)=C/C(=C\N)C(=C\CC)/NCCCC(=O)OCCO.CCCC(C)=O.Cc1cccc(C)c1.O=COCCO. The van der Waals surface area contributed by atoms with Crippen LogP contribution in [0.5, 0.6) is 5.75 Å². The van der Waals surface area contributed by atoms with Crippen LogP contribution in [-0.4, -0.2) is 61.4 Å². The van der Waals surface area contributed by atoms with Gasteiger partial charge in [0, 0.05) is 42.9 Å². The van der Waals surface area contributed by atoms with Crippen LogP contribution in [0.2, 0.25) is 0 Å². The van der Waals surface area contributed by atoms with Gasteiger partial charge >= 0.3 is 5.97 Å². The van der Waals surface area contributed by atoms with Crippen molar-refractivity contribution < 1.29 is 43.2 Å². The smallest absolute Gasteiger partial charge is 0.305 e. The number of aliphatic hydroxyl groups excluding tert-OH is 2. The highest BCUT2D eigenvalue weighted by Crippen LogP contribution is 2.23. The Morgan fingerprint density at radius 1 is 0.951 bits per heavy atom. The number of carbonyl (C=O) groups excluding carboxylic acids is 3. The zero-order chi connectivity index (χ0) is 46.4. The van der Waals surface area contributed by atoms with Crippen molar-refractivity contribution in [1.29, 1.82) is 0 Å². The van der Waals surface area contributed by atoms with E-state index in [0.717, 1.165) is 54.5 Å². The van der Waals surface area contributed by atoms with E-state index in [0.29, 0.717) is 48.8 Å². The van der Waals surface area contributed by atoms with Crippen molar-refractivity contribution in [2.45, 2.75) is 114 Å². The number of nitrogens with two attached hydrogens (primary N) is 1. The number of esters is 1. The van der Waals surface area contributed by atoms with Crippen LogP contribution < -0.4 is 15.8 Å². The number of nitrogens with one attached hydrogen (secondary N) is 1. The molecule has 2 rings (SSSR count). The molecule has 5 N–H and O–H groups in total. The Labute approximate surface area is 366 Å². The van der Waals surface area contributed by atoms with Crippen LogP contribution in [0.15, 0.2) is 114 Å². The summed E-state index contributed by atoms with van der Waals surface area (Å²) in [7, 11) is 0. The van der Waals surface area contributed by atoms with E-state index in [1.54, 1.807) is 19.1 Å². The van der Waals surface area contributed by atoms with Gasteiger partial charge in [0.25, 0.3) is 6.47 Å². The second-order valence-corrected chi connectivity index (χ2v) is 14.2. The zero-order valence-electron chi connectivity index (χ0n) is 38.4. The molecule has 0 bridgehead atoms. The van der Waals surface area contributed by atoms with Crippen LogP contribution >= 0.6 is 0 Å². The van der Waals surface area contributed by atoms with Crippen molar-refractivity contribution in [3.63, 3.8) is 0 Å². The Morgan fingerprint density at radius 3 is 2.08 bits per heavy atom. The number of allylic oxidation sites excluding steroid dienone is 7. The summed E-state index contributed by atoms with van der Waals surface area (Å²) < 4.78 is 29.6. The van der Waals surface area contributed by atoms with Gasteiger partial charge in [0.1, 0.15) is 36.3 Å². The Bertz CT molecular complexity index is 1690. The molecule has 0 saturated carbocycles. The lowest BCUT2D eigenvalue weighted by atomic mass is 10.0. The van der Waals surface area contributed by atoms with Crippen LogP contribution in [0.1, 0.15) is 110 Å². The van der Waals surface area contributed by atoms with Crippen LogP contribution in [0.25, 0.3) is 0 Å². The summed E-state index contributed by atoms with van der Waals surface area (Å²) in [6, 6.07) is 13.4. The van der Waals surface area contributed by atoms with Crippen LogP contribution in [0, 0.1) is 25.6 Å². The molecule has 0 aromatic heterocycles. The standard InChI is InChI=1S/C34H49FN2O4.C8H10.C5H10O.C3H6O3/c1-7-11-28-15-17-31(23-32(28)35)41-30(16-14-25(4)9-3)22-27(6)26(5)21-29(24-36)33(12-8-2)37-18-10-13-34(39)40-20-19-38;1-7-4-3-5-8(2)6-7;1-3-4-5(2)6;4-1-2-6-3-5/h12,14-17,21-25,37-38H,6-11,13,18-20,36H2,1-5H3;3-6H,1-2H3;3-4H2,1-2H3;3-4H,1-2H2/b16-14-,26-21+,29-24+,30-22+,33-12+;;;/t25-;;;/m1.../s1. The number of hydrogen-bond donors (Lipinski definition) is 4. The molecule has 2 aromatic rings. The fourth-order valence-electron chi connectivity index (χ4n) is 4.98. The molecule has 10 nitrogen and oxygen atoms in total. The minimum Gasteiger partial charge on any atom is -0.465 e. The topological polar surface area (TPSA) is 157 Å². The summed E-state index contributed by atoms with van der Waals surface area (Å²) >= 11 is 0. The van der Waals surface area contributed by atoms with Crippen molar-refractivity contribution in [1.82, 2.24) is 5.32 Å². The average Bonchev–Trinajstić information content (AvgIpc) is 3.22. The molecule has 0 heterocycles. The number of Topliss-reactive ketones (excluding diaryl/α,β-unsaturated/α-hetero) is 1. The lowest BCUT2D eigenvalue weighted by molar-refractivity contribution is -0.144. The number of benzene rings is 2. The van der Waals surface area contributed by atoms with Crippen molar-refractivity contribution >= 4 is 18.2 Å². The van der Waals surface area contributed by atoms with Crippen molar-refractivity contribution in [3.8, 4) is 5.75 Å². The first-order valence-electron chi connectivity index (χ1n) is 21.2. The van der Waals surface area contributed by atoms with E-state index in [1.165, 1.54) is 23.4 Å². The highest BCUT2D eigenvalue weighted by atomic mass is 19.1. The second-order valence-electron chi connectivity index (χ2n) is 14.2. The van der Waals surface area contributed by atoms with E-state index in [9.17, 15) is 18.8 Å². The number of ether oxygens (including phenoxy) is 3. The Hall–Kier alpha value is -5.26. The summed E-state index contributed by atoms with van der Waals surface area (Å²) in [6.45, 7) is 23.0. The fourth-order valence-corrected chi connectivity index (χ4v) is 4.98. The zero-order valence-corrected chi connectivity index (χ0v) is 38.4. The molecule has 0 amide bonds. The van der Waals surface area contributed by atoms with E-state index in [-0.39, 0.29) is 50.4 Å². The Kier molecular flexibility index (Phi) is 35.8. The molecule has 0 spiro atoms. The molecule has 340 valence electrons. The third-order valence-corrected chi connectivity index (χ3v) is 8.39. The van der Waals surface area contributed by atoms with E-state index >= 15 is 0 Å². The van der Waals surface area contributed by atoms with Crippen LogP contribution in [-0.2, 0) is 30.3 Å². The number of halogens is 1. The molecular weight excluding hydrogens is 776 g/mol. The summed E-state index contributed by atoms with van der Waals surface area (Å²) in [5.41, 5.74) is 12.6. The van der Waals surface area contributed by atoms with Gasteiger partial charge in [-0.25, -0.2) is 4.39 Å². The van der Waals surface area contributed by atoms with Crippen molar-refractivity contribution in [2.75, 3.05) is 33.0 Å². The second kappa shape index (κ2) is 37.7. The number of carbonyl (C=O) groups is 3. The maximum absolute atomic E-state index is 14.6. The lowest BCUT2D eigenvalue weighted by Crippen LogP contribution is -2.18. The summed E-state index contributed by atoms with van der Waals surface area (Å²) in [5.74, 6) is 1.02. The number of hydrogen-bond acceptors (Lipinski definition) is 10. The minimum atomic E-state index is -0.338. The third-order valence-electron chi connectivity index (χ3n) is 8.39. The summed E-state index contributed by atoms with van der Waals surface area (Å²) in [6.07, 6.45) is 17.2. The van der Waals surface area contributed by atoms with Crippen molar-refractivity contribution in [2.24, 2.45) is 11.7 Å². The van der Waals surface area contributed by atoms with Crippen LogP contribution in [0.4, 0.5) is 4.39 Å². The van der Waals surface area contributed by atoms with Gasteiger partial charge in [0.2, 0.25) is 0 Å². The van der Waals surface area contributed by atoms with Gasteiger partial charge in [0.05, 0.1) is 13.2 Å². The van der Waals surface area contributed by atoms with Gasteiger partial charge in [-0.15, -0.1) is 0 Å². The van der Waals surface area contributed by atoms with E-state index in [1.807, 2.05) is 52.0 Å². The summed E-state index contributed by atoms with van der Waals surface area (Å²) in [4.78, 5) is 31.0. The first kappa shape index (κ1) is 57.8. The largest absolute Gasteiger partial charge is 0.465 e. The minimum absolute atomic E-state index is 0.0119. The summed E-state index contributed by atoms with van der Waals surface area (Å²) in [5, 5.41) is 20.0. The lowest BCUT2D eigenvalue weighted by Gasteiger charge is -2.14. The predicted octanol–water partition coefficient (Wildman–Crippen LogP) is 10.0. The molecule has 11 heteroatoms. The van der Waals surface area contributed by atoms with E-state index in [4.69, 9.17) is 25.4 Å². The normalized spacial score (nSPS) is 12.1. The molecule has 61 heavy (non-hydrogen) atoms. The van der Waals surface area contributed by atoms with Gasteiger partial charge in [-0.05, 0) is 100 Å². The highest BCUT2D eigenvalue weighted by Gasteiger charge is 2.09. The molecule has 0 aliphatic carbocycles. The maximum Gasteiger partial charge on any atom is 0.305 e. The van der Waals surface area contributed by atoms with Gasteiger partial charge in [-0.2, -0.15) is 0 Å². The quantitative estimate of drug-likeness (QED) is 0.0264. The Balaban J connectivity index is 0. The molecule has 0 aliphatic heterocycles. The van der Waals surface area contributed by atoms with E-state index < -0.39 is 0 Å². The molecular formula is C50H75FN2O8. The van der Waals surface area contributed by atoms with Crippen molar-refractivity contribution in [3.05, 3.63) is 136 Å². The van der Waals surface area contributed by atoms with Gasteiger partial charge in [-0.3, -0.25) is 9.59 Å². The first-order chi connectivity index (χ1) is 29.2. The molecule has 0 unspecified atom stereocenters. The number of rotatable bonds is 24. The maximum atomic E-state index is 14.6. The molecule has 0 radical (unpaired) electrons. The fraction of sp³-hybridized carbons (Fsp3) is 0.460.